The third-order valence-electron chi connectivity index (χ3n) is 5.03. The number of rotatable bonds is 8. The Labute approximate surface area is 167 Å². The molecule has 2 aromatic carbocycles. The van der Waals surface area contributed by atoms with Gasteiger partial charge in [0, 0.05) is 38.3 Å². The van der Waals surface area contributed by atoms with Crippen molar-refractivity contribution in [3.63, 3.8) is 0 Å². The normalized spacial score (nSPS) is 14.1. The highest BCUT2D eigenvalue weighted by atomic mass is 16.5. The van der Waals surface area contributed by atoms with Crippen molar-refractivity contribution in [1.29, 1.82) is 0 Å². The summed E-state index contributed by atoms with van der Waals surface area (Å²) in [5.41, 5.74) is 2.56. The number of carbonyl (C=O) groups is 1. The van der Waals surface area contributed by atoms with Crippen LogP contribution in [0, 0.1) is 6.92 Å². The maximum atomic E-state index is 12.5. The Balaban J connectivity index is 1.40. The van der Waals surface area contributed by atoms with Gasteiger partial charge in [-0.05, 0) is 44.0 Å². The Hall–Kier alpha value is -2.69. The molecule has 28 heavy (non-hydrogen) atoms. The Morgan fingerprint density at radius 3 is 2.25 bits per heavy atom. The molecule has 5 heteroatoms. The first-order valence-corrected chi connectivity index (χ1v) is 10.1. The van der Waals surface area contributed by atoms with Crippen LogP contribution in [0.3, 0.4) is 0 Å². The molecule has 0 atom stereocenters. The molecule has 150 valence electrons. The lowest BCUT2D eigenvalue weighted by Crippen LogP contribution is -2.49. The summed E-state index contributed by atoms with van der Waals surface area (Å²) in [6.07, 6.45) is 1.22. The van der Waals surface area contributed by atoms with Gasteiger partial charge in [0.15, 0.2) is 11.5 Å². The van der Waals surface area contributed by atoms with Crippen LogP contribution in [0.4, 0.5) is 5.69 Å². The number of ether oxygens (including phenoxy) is 2. The minimum atomic E-state index is 0.214. The standard InChI is InChI=1S/C23H30N2O3/c1-3-27-21-11-6-7-12-22(21)28-18-8-13-23(26)25-16-14-24(15-17-25)20-10-5-4-9-19(20)2/h4-7,9-12H,3,8,13-18H2,1-2H3. The Morgan fingerprint density at radius 2 is 1.57 bits per heavy atom. The number of benzene rings is 2. The van der Waals surface area contributed by atoms with E-state index < -0.39 is 0 Å². The zero-order valence-electron chi connectivity index (χ0n) is 16.9. The summed E-state index contributed by atoms with van der Waals surface area (Å²) >= 11 is 0. The molecule has 0 radical (unpaired) electrons. The number of hydrogen-bond donors (Lipinski definition) is 0. The summed E-state index contributed by atoms with van der Waals surface area (Å²) in [4.78, 5) is 16.9. The topological polar surface area (TPSA) is 42.0 Å². The van der Waals surface area contributed by atoms with Crippen LogP contribution in [0.2, 0.25) is 0 Å². The molecule has 0 spiro atoms. The lowest BCUT2D eigenvalue weighted by atomic mass is 10.1. The second-order valence-electron chi connectivity index (χ2n) is 6.99. The van der Waals surface area contributed by atoms with Gasteiger partial charge in [-0.2, -0.15) is 0 Å². The van der Waals surface area contributed by atoms with Crippen LogP contribution in [-0.4, -0.2) is 50.2 Å². The highest BCUT2D eigenvalue weighted by molar-refractivity contribution is 5.76. The fourth-order valence-electron chi connectivity index (χ4n) is 3.52. The van der Waals surface area contributed by atoms with E-state index in [1.807, 2.05) is 36.1 Å². The highest BCUT2D eigenvalue weighted by Gasteiger charge is 2.21. The van der Waals surface area contributed by atoms with Gasteiger partial charge in [-0.1, -0.05) is 30.3 Å². The van der Waals surface area contributed by atoms with Crippen molar-refractivity contribution in [1.82, 2.24) is 4.90 Å². The average Bonchev–Trinajstić information content (AvgIpc) is 2.73. The molecule has 0 aliphatic carbocycles. The van der Waals surface area contributed by atoms with Gasteiger partial charge in [0.2, 0.25) is 5.91 Å². The first-order chi connectivity index (χ1) is 13.7. The lowest BCUT2D eigenvalue weighted by Gasteiger charge is -2.36. The van der Waals surface area contributed by atoms with E-state index in [1.165, 1.54) is 11.3 Å². The van der Waals surface area contributed by atoms with Gasteiger partial charge < -0.3 is 19.3 Å². The second kappa shape index (κ2) is 10.0. The van der Waals surface area contributed by atoms with Crippen LogP contribution in [0.5, 0.6) is 11.5 Å². The first kappa shape index (κ1) is 20.1. The molecule has 0 bridgehead atoms. The van der Waals surface area contributed by atoms with Gasteiger partial charge in [0.05, 0.1) is 13.2 Å². The van der Waals surface area contributed by atoms with Crippen molar-refractivity contribution in [2.45, 2.75) is 26.7 Å². The number of anilines is 1. The predicted octanol–water partition coefficient (Wildman–Crippen LogP) is 3.90. The Bertz CT molecular complexity index is 770. The van der Waals surface area contributed by atoms with Crippen molar-refractivity contribution in [3.05, 3.63) is 54.1 Å². The van der Waals surface area contributed by atoms with Gasteiger partial charge in [-0.25, -0.2) is 0 Å². The molecular weight excluding hydrogens is 352 g/mol. The molecule has 1 fully saturated rings. The number of carbonyl (C=O) groups excluding carboxylic acids is 1. The smallest absolute Gasteiger partial charge is 0.222 e. The molecule has 3 rings (SSSR count). The summed E-state index contributed by atoms with van der Waals surface area (Å²) in [6.45, 7) is 8.53. The van der Waals surface area contributed by atoms with E-state index in [0.717, 1.165) is 37.7 Å². The number of nitrogens with zero attached hydrogens (tertiary/aromatic N) is 2. The predicted molar refractivity (Wildman–Crippen MR) is 112 cm³/mol. The van der Waals surface area contributed by atoms with E-state index in [1.54, 1.807) is 0 Å². The van der Waals surface area contributed by atoms with Crippen LogP contribution in [-0.2, 0) is 4.79 Å². The molecule has 0 unspecified atom stereocenters. The van der Waals surface area contributed by atoms with Crippen LogP contribution in [0.25, 0.3) is 0 Å². The zero-order chi connectivity index (χ0) is 19.8. The van der Waals surface area contributed by atoms with E-state index in [-0.39, 0.29) is 5.91 Å². The quantitative estimate of drug-likeness (QED) is 0.650. The van der Waals surface area contributed by atoms with Gasteiger partial charge in [0.25, 0.3) is 0 Å². The van der Waals surface area contributed by atoms with E-state index >= 15 is 0 Å². The third-order valence-corrected chi connectivity index (χ3v) is 5.03. The van der Waals surface area contributed by atoms with Crippen molar-refractivity contribution in [2.75, 3.05) is 44.3 Å². The van der Waals surface area contributed by atoms with E-state index in [0.29, 0.717) is 26.1 Å². The number of piperazine rings is 1. The van der Waals surface area contributed by atoms with Gasteiger partial charge in [-0.15, -0.1) is 0 Å². The van der Waals surface area contributed by atoms with Crippen LogP contribution < -0.4 is 14.4 Å². The monoisotopic (exact) mass is 382 g/mol. The zero-order valence-corrected chi connectivity index (χ0v) is 16.9. The summed E-state index contributed by atoms with van der Waals surface area (Å²) in [5, 5.41) is 0. The lowest BCUT2D eigenvalue weighted by molar-refractivity contribution is -0.131. The van der Waals surface area contributed by atoms with Gasteiger partial charge in [-0.3, -0.25) is 4.79 Å². The van der Waals surface area contributed by atoms with Crippen LogP contribution >= 0.6 is 0 Å². The van der Waals surface area contributed by atoms with Gasteiger partial charge in [0.1, 0.15) is 0 Å². The molecule has 0 aromatic heterocycles. The van der Waals surface area contributed by atoms with Crippen LogP contribution in [0.15, 0.2) is 48.5 Å². The van der Waals surface area contributed by atoms with Crippen molar-refractivity contribution >= 4 is 11.6 Å². The molecule has 1 saturated heterocycles. The molecule has 0 N–H and O–H groups in total. The minimum Gasteiger partial charge on any atom is -0.490 e. The van der Waals surface area contributed by atoms with Crippen LogP contribution in [0.1, 0.15) is 25.3 Å². The molecule has 1 amide bonds. The molecular formula is C23H30N2O3. The number of aryl methyl sites for hydroxylation is 1. The summed E-state index contributed by atoms with van der Waals surface area (Å²) in [6, 6.07) is 16.1. The van der Waals surface area contributed by atoms with E-state index in [9.17, 15) is 4.79 Å². The summed E-state index contributed by atoms with van der Waals surface area (Å²) in [5.74, 6) is 1.71. The molecule has 1 aliphatic rings. The van der Waals surface area contributed by atoms with Crippen molar-refractivity contribution < 1.29 is 14.3 Å². The number of hydrogen-bond acceptors (Lipinski definition) is 4. The summed E-state index contributed by atoms with van der Waals surface area (Å²) in [7, 11) is 0. The SMILES string of the molecule is CCOc1ccccc1OCCCC(=O)N1CCN(c2ccccc2C)CC1. The molecule has 1 heterocycles. The molecule has 1 aliphatic heterocycles. The van der Waals surface area contributed by atoms with E-state index in [2.05, 4.69) is 36.1 Å². The number of para-hydroxylation sites is 3. The summed E-state index contributed by atoms with van der Waals surface area (Å²) < 4.78 is 11.4. The fraction of sp³-hybridized carbons (Fsp3) is 0.435. The maximum Gasteiger partial charge on any atom is 0.222 e. The van der Waals surface area contributed by atoms with Crippen molar-refractivity contribution in [3.8, 4) is 11.5 Å². The largest absolute Gasteiger partial charge is 0.490 e. The average molecular weight is 383 g/mol. The van der Waals surface area contributed by atoms with E-state index in [4.69, 9.17) is 9.47 Å². The highest BCUT2D eigenvalue weighted by Crippen LogP contribution is 2.26. The Morgan fingerprint density at radius 1 is 0.929 bits per heavy atom. The minimum absolute atomic E-state index is 0.214. The molecule has 0 saturated carbocycles. The Kier molecular flexibility index (Phi) is 7.18. The maximum absolute atomic E-state index is 12.5. The number of amides is 1. The fourth-order valence-corrected chi connectivity index (χ4v) is 3.52. The first-order valence-electron chi connectivity index (χ1n) is 10.1. The molecule has 2 aromatic rings. The molecule has 5 nitrogen and oxygen atoms in total. The third kappa shape index (κ3) is 5.18. The van der Waals surface area contributed by atoms with Gasteiger partial charge >= 0.3 is 0 Å². The van der Waals surface area contributed by atoms with Crippen molar-refractivity contribution in [2.24, 2.45) is 0 Å². The second-order valence-corrected chi connectivity index (χ2v) is 6.99.